The fourth-order valence-corrected chi connectivity index (χ4v) is 2.97. The third-order valence-electron chi connectivity index (χ3n) is 3.51. The van der Waals surface area contributed by atoms with Crippen molar-refractivity contribution in [3.8, 4) is 5.75 Å². The first-order valence-electron chi connectivity index (χ1n) is 7.12. The highest BCUT2D eigenvalue weighted by Gasteiger charge is 2.19. The van der Waals surface area contributed by atoms with Crippen LogP contribution in [0.1, 0.15) is 24.0 Å². The first kappa shape index (κ1) is 17.1. The molecule has 0 aliphatic carbocycles. The van der Waals surface area contributed by atoms with Crippen LogP contribution in [-0.2, 0) is 6.42 Å². The predicted molar refractivity (Wildman–Crippen MR) is 89.5 cm³/mol. The number of rotatable bonds is 6. The molecule has 2 nitrogen and oxygen atoms in total. The van der Waals surface area contributed by atoms with Gasteiger partial charge in [-0.3, -0.25) is 0 Å². The molecule has 1 atom stereocenters. The van der Waals surface area contributed by atoms with E-state index in [1.165, 1.54) is 12.1 Å². The lowest BCUT2D eigenvalue weighted by molar-refractivity contribution is 0.333. The summed E-state index contributed by atoms with van der Waals surface area (Å²) in [7, 11) is 0. The second-order valence-electron chi connectivity index (χ2n) is 4.95. The molecule has 0 aliphatic heterocycles. The summed E-state index contributed by atoms with van der Waals surface area (Å²) in [4.78, 5) is 0. The summed E-state index contributed by atoms with van der Waals surface area (Å²) in [5.74, 6) is 0.194. The molecule has 5 heteroatoms. The van der Waals surface area contributed by atoms with Crippen molar-refractivity contribution in [3.05, 3.63) is 63.4 Å². The maximum Gasteiger partial charge on any atom is 0.123 e. The van der Waals surface area contributed by atoms with Crippen molar-refractivity contribution in [2.45, 2.75) is 19.3 Å². The molecule has 1 unspecified atom stereocenters. The quantitative estimate of drug-likeness (QED) is 0.817. The topological polar surface area (TPSA) is 35.2 Å². The van der Waals surface area contributed by atoms with Crippen LogP contribution in [0.5, 0.6) is 5.75 Å². The lowest BCUT2D eigenvalue weighted by atomic mass is 9.91. The van der Waals surface area contributed by atoms with E-state index in [2.05, 4.69) is 0 Å². The summed E-state index contributed by atoms with van der Waals surface area (Å²) >= 11 is 12.4. The minimum Gasteiger partial charge on any atom is -0.494 e. The Hall–Kier alpha value is -1.29. The van der Waals surface area contributed by atoms with Crippen molar-refractivity contribution < 1.29 is 9.13 Å². The second kappa shape index (κ2) is 7.82. The smallest absolute Gasteiger partial charge is 0.123 e. The predicted octanol–water partition coefficient (Wildman–Crippen LogP) is 4.82. The van der Waals surface area contributed by atoms with Gasteiger partial charge in [0, 0.05) is 21.5 Å². The Labute approximate surface area is 140 Å². The van der Waals surface area contributed by atoms with E-state index in [0.717, 1.165) is 11.1 Å². The lowest BCUT2D eigenvalue weighted by Gasteiger charge is -2.20. The third-order valence-corrected chi connectivity index (χ3v) is 4.22. The highest BCUT2D eigenvalue weighted by Crippen LogP contribution is 2.34. The zero-order valence-electron chi connectivity index (χ0n) is 12.3. The maximum absolute atomic E-state index is 13.6. The van der Waals surface area contributed by atoms with E-state index in [0.29, 0.717) is 35.4 Å². The molecule has 0 heterocycles. The minimum absolute atomic E-state index is 0.130. The molecule has 2 N–H and O–H groups in total. The molecule has 0 saturated heterocycles. The van der Waals surface area contributed by atoms with Crippen LogP contribution in [0.25, 0.3) is 0 Å². The van der Waals surface area contributed by atoms with Crippen LogP contribution in [0.3, 0.4) is 0 Å². The number of ether oxygens (including phenoxy) is 1. The van der Waals surface area contributed by atoms with Crippen molar-refractivity contribution in [1.29, 1.82) is 0 Å². The van der Waals surface area contributed by atoms with Gasteiger partial charge in [-0.25, -0.2) is 4.39 Å². The summed E-state index contributed by atoms with van der Waals surface area (Å²) in [5.41, 5.74) is 7.45. The Morgan fingerprint density at radius 2 is 1.86 bits per heavy atom. The van der Waals surface area contributed by atoms with Crippen molar-refractivity contribution in [1.82, 2.24) is 0 Å². The fraction of sp³-hybridized carbons (Fsp3) is 0.294. The average molecular weight is 342 g/mol. The second-order valence-corrected chi connectivity index (χ2v) is 5.77. The molecule has 0 amide bonds. The van der Waals surface area contributed by atoms with Crippen LogP contribution < -0.4 is 10.5 Å². The Balaban J connectivity index is 2.38. The van der Waals surface area contributed by atoms with E-state index < -0.39 is 0 Å². The van der Waals surface area contributed by atoms with E-state index in [9.17, 15) is 4.39 Å². The van der Waals surface area contributed by atoms with E-state index >= 15 is 0 Å². The van der Waals surface area contributed by atoms with E-state index in [1.54, 1.807) is 24.3 Å². The van der Waals surface area contributed by atoms with Crippen molar-refractivity contribution in [2.24, 2.45) is 5.73 Å². The zero-order valence-corrected chi connectivity index (χ0v) is 13.8. The van der Waals surface area contributed by atoms with Gasteiger partial charge in [-0.2, -0.15) is 0 Å². The summed E-state index contributed by atoms with van der Waals surface area (Å²) in [5, 5.41) is 1.17. The van der Waals surface area contributed by atoms with E-state index in [4.69, 9.17) is 33.7 Å². The molecule has 22 heavy (non-hydrogen) atoms. The Bertz CT molecular complexity index is 628. The van der Waals surface area contributed by atoms with Gasteiger partial charge in [0.15, 0.2) is 0 Å². The average Bonchev–Trinajstić information content (AvgIpc) is 2.49. The standard InChI is InChI=1S/C17H18Cl2FNO/c1-2-22-17-7-6-12(20)9-13(17)11(10-21)8-14-15(18)4-3-5-16(14)19/h3-7,9,11H,2,8,10,21H2,1H3. The van der Waals surface area contributed by atoms with Gasteiger partial charge in [0.2, 0.25) is 0 Å². The maximum atomic E-state index is 13.6. The normalized spacial score (nSPS) is 12.2. The molecule has 2 aromatic carbocycles. The van der Waals surface area contributed by atoms with Crippen molar-refractivity contribution in [2.75, 3.05) is 13.2 Å². The van der Waals surface area contributed by atoms with E-state index in [-0.39, 0.29) is 11.7 Å². The van der Waals surface area contributed by atoms with Crippen LogP contribution in [0, 0.1) is 5.82 Å². The Kier molecular flexibility index (Phi) is 6.07. The molecule has 0 spiro atoms. The fourth-order valence-electron chi connectivity index (χ4n) is 2.42. The van der Waals surface area contributed by atoms with E-state index in [1.807, 2.05) is 6.92 Å². The molecule has 2 rings (SSSR count). The van der Waals surface area contributed by atoms with Gasteiger partial charge < -0.3 is 10.5 Å². The zero-order chi connectivity index (χ0) is 16.1. The minimum atomic E-state index is -0.317. The van der Waals surface area contributed by atoms with Crippen LogP contribution in [0.2, 0.25) is 10.0 Å². The third kappa shape index (κ3) is 3.92. The number of halogens is 3. The molecule has 0 aliphatic rings. The highest BCUT2D eigenvalue weighted by atomic mass is 35.5. The van der Waals surface area contributed by atoms with Gasteiger partial charge in [-0.1, -0.05) is 29.3 Å². The number of benzene rings is 2. The van der Waals surface area contributed by atoms with Gasteiger partial charge in [-0.15, -0.1) is 0 Å². The molecule has 0 fully saturated rings. The molecule has 0 radical (unpaired) electrons. The summed E-state index contributed by atoms with van der Waals surface area (Å²) in [6.45, 7) is 2.73. The van der Waals surface area contributed by atoms with Crippen molar-refractivity contribution >= 4 is 23.2 Å². The van der Waals surface area contributed by atoms with Gasteiger partial charge >= 0.3 is 0 Å². The SMILES string of the molecule is CCOc1ccc(F)cc1C(CN)Cc1c(Cl)cccc1Cl. The highest BCUT2D eigenvalue weighted by molar-refractivity contribution is 6.36. The van der Waals surface area contributed by atoms with Crippen molar-refractivity contribution in [3.63, 3.8) is 0 Å². The molecular formula is C17H18Cl2FNO. The lowest BCUT2D eigenvalue weighted by Crippen LogP contribution is -2.17. The summed E-state index contributed by atoms with van der Waals surface area (Å²) < 4.78 is 19.2. The van der Waals surface area contributed by atoms with Gasteiger partial charge in [0.05, 0.1) is 6.61 Å². The Morgan fingerprint density at radius 1 is 1.18 bits per heavy atom. The van der Waals surface area contributed by atoms with Gasteiger partial charge in [0.25, 0.3) is 0 Å². The van der Waals surface area contributed by atoms with Crippen LogP contribution in [-0.4, -0.2) is 13.2 Å². The summed E-state index contributed by atoms with van der Waals surface area (Å²) in [6, 6.07) is 9.83. The molecule has 2 aromatic rings. The first-order valence-corrected chi connectivity index (χ1v) is 7.87. The molecule has 0 saturated carbocycles. The first-order chi connectivity index (χ1) is 10.6. The number of hydrogen-bond acceptors (Lipinski definition) is 2. The summed E-state index contributed by atoms with van der Waals surface area (Å²) in [6.07, 6.45) is 0.526. The molecule has 118 valence electrons. The monoisotopic (exact) mass is 341 g/mol. The molecule has 0 bridgehead atoms. The number of nitrogens with two attached hydrogens (primary N) is 1. The number of hydrogen-bond donors (Lipinski definition) is 1. The van der Waals surface area contributed by atoms with Crippen LogP contribution >= 0.6 is 23.2 Å². The Morgan fingerprint density at radius 3 is 2.45 bits per heavy atom. The molecular weight excluding hydrogens is 324 g/mol. The van der Waals surface area contributed by atoms with Crippen LogP contribution in [0.15, 0.2) is 36.4 Å². The largest absolute Gasteiger partial charge is 0.494 e. The van der Waals surface area contributed by atoms with Crippen LogP contribution in [0.4, 0.5) is 4.39 Å². The van der Waals surface area contributed by atoms with Gasteiger partial charge in [-0.05, 0) is 55.8 Å². The van der Waals surface area contributed by atoms with Gasteiger partial charge in [0.1, 0.15) is 11.6 Å². The molecule has 0 aromatic heterocycles.